The summed E-state index contributed by atoms with van der Waals surface area (Å²) in [5.74, 6) is 2.54. The molecule has 8 nitrogen and oxygen atoms in total. The molecule has 2 aliphatic rings. The van der Waals surface area contributed by atoms with Gasteiger partial charge in [0, 0.05) is 44.0 Å². The molecule has 0 unspecified atom stereocenters. The second-order valence-electron chi connectivity index (χ2n) is 7.77. The van der Waals surface area contributed by atoms with E-state index in [1.54, 1.807) is 0 Å². The van der Waals surface area contributed by atoms with E-state index in [0.29, 0.717) is 12.0 Å². The van der Waals surface area contributed by atoms with E-state index in [0.717, 1.165) is 48.3 Å². The molecule has 2 fully saturated rings. The van der Waals surface area contributed by atoms with Crippen LogP contribution in [0.2, 0.25) is 0 Å². The maximum absolute atomic E-state index is 4.82. The number of rotatable bonds is 5. The summed E-state index contributed by atoms with van der Waals surface area (Å²) in [5.41, 5.74) is 2.80. The van der Waals surface area contributed by atoms with Gasteiger partial charge in [-0.05, 0) is 38.9 Å². The van der Waals surface area contributed by atoms with Crippen molar-refractivity contribution in [3.05, 3.63) is 41.7 Å². The van der Waals surface area contributed by atoms with Gasteiger partial charge in [0.2, 0.25) is 0 Å². The van der Waals surface area contributed by atoms with Gasteiger partial charge in [-0.3, -0.25) is 14.9 Å². The van der Waals surface area contributed by atoms with Crippen LogP contribution >= 0.6 is 0 Å². The van der Waals surface area contributed by atoms with E-state index in [9.17, 15) is 0 Å². The molecule has 0 aromatic carbocycles. The molecule has 0 N–H and O–H groups in total. The van der Waals surface area contributed by atoms with Crippen molar-refractivity contribution in [3.8, 4) is 0 Å². The van der Waals surface area contributed by atoms with Crippen LogP contribution < -0.4 is 4.90 Å². The quantitative estimate of drug-likeness (QED) is 0.683. The van der Waals surface area contributed by atoms with Crippen LogP contribution in [0.15, 0.2) is 24.5 Å². The zero-order valence-corrected chi connectivity index (χ0v) is 15.8. The Hall–Kier alpha value is -2.61. The van der Waals surface area contributed by atoms with Crippen LogP contribution in [-0.2, 0) is 6.54 Å². The number of nitrogens with zero attached hydrogens (tertiary/aromatic N) is 8. The van der Waals surface area contributed by atoms with Crippen LogP contribution in [0, 0.1) is 6.92 Å². The van der Waals surface area contributed by atoms with Crippen molar-refractivity contribution in [2.24, 2.45) is 0 Å². The summed E-state index contributed by atoms with van der Waals surface area (Å²) in [5, 5.41) is 13.5. The van der Waals surface area contributed by atoms with Crippen LogP contribution in [0.25, 0.3) is 5.65 Å². The Kier molecular flexibility index (Phi) is 4.00. The largest absolute Gasteiger partial charge is 0.352 e. The van der Waals surface area contributed by atoms with Crippen LogP contribution in [0.5, 0.6) is 0 Å². The van der Waals surface area contributed by atoms with E-state index in [1.165, 1.54) is 19.3 Å². The average molecular weight is 364 g/mol. The van der Waals surface area contributed by atoms with E-state index in [2.05, 4.69) is 43.1 Å². The number of fused-ring (bicyclic) bond motifs is 1. The summed E-state index contributed by atoms with van der Waals surface area (Å²) in [6.45, 7) is 4.71. The molecule has 27 heavy (non-hydrogen) atoms. The predicted molar refractivity (Wildman–Crippen MR) is 102 cm³/mol. The standard InChI is InChI=1S/C19H24N8/c1-13-8-21-15(9-20-13)10-25(2)16-11-26(12-16)18-7-6-17-22-23-19(27(17)24-18)14-4-3-5-14/h6-9,14,16H,3-5,10-12H2,1-2H3. The lowest BCUT2D eigenvalue weighted by molar-refractivity contribution is 0.194. The molecule has 0 atom stereocenters. The first kappa shape index (κ1) is 16.6. The third-order valence-corrected chi connectivity index (χ3v) is 5.80. The second kappa shape index (κ2) is 6.53. The van der Waals surface area contributed by atoms with E-state index < -0.39 is 0 Å². The van der Waals surface area contributed by atoms with Crippen molar-refractivity contribution in [2.75, 3.05) is 25.0 Å². The Morgan fingerprint density at radius 2 is 1.96 bits per heavy atom. The average Bonchev–Trinajstić information content (AvgIpc) is 2.97. The molecule has 0 amide bonds. The van der Waals surface area contributed by atoms with Crippen molar-refractivity contribution in [1.29, 1.82) is 0 Å². The Morgan fingerprint density at radius 3 is 2.67 bits per heavy atom. The Labute approximate surface area is 158 Å². The van der Waals surface area contributed by atoms with Gasteiger partial charge in [-0.15, -0.1) is 15.3 Å². The SMILES string of the molecule is Cc1cnc(CN(C)C2CN(c3ccc4nnc(C5CCC5)n4n3)C2)cn1. The van der Waals surface area contributed by atoms with Crippen molar-refractivity contribution in [2.45, 2.75) is 44.7 Å². The van der Waals surface area contributed by atoms with E-state index >= 15 is 0 Å². The van der Waals surface area contributed by atoms with Crippen molar-refractivity contribution in [1.82, 2.24) is 34.7 Å². The van der Waals surface area contributed by atoms with Gasteiger partial charge in [0.05, 0.1) is 11.4 Å². The molecule has 4 heterocycles. The number of aryl methyl sites for hydroxylation is 1. The molecule has 1 saturated heterocycles. The monoisotopic (exact) mass is 364 g/mol. The van der Waals surface area contributed by atoms with Gasteiger partial charge >= 0.3 is 0 Å². The second-order valence-corrected chi connectivity index (χ2v) is 7.77. The minimum atomic E-state index is 0.498. The van der Waals surface area contributed by atoms with Gasteiger partial charge in [-0.1, -0.05) is 6.42 Å². The molecule has 0 spiro atoms. The Bertz CT molecular complexity index is 940. The summed E-state index contributed by atoms with van der Waals surface area (Å²) in [6.07, 6.45) is 7.38. The summed E-state index contributed by atoms with van der Waals surface area (Å²) in [4.78, 5) is 13.4. The maximum Gasteiger partial charge on any atom is 0.178 e. The molecular weight excluding hydrogens is 340 g/mol. The highest BCUT2D eigenvalue weighted by atomic mass is 15.4. The first-order valence-electron chi connectivity index (χ1n) is 9.62. The van der Waals surface area contributed by atoms with Gasteiger partial charge < -0.3 is 4.90 Å². The highest BCUT2D eigenvalue weighted by Gasteiger charge is 2.32. The van der Waals surface area contributed by atoms with Crippen LogP contribution in [0.4, 0.5) is 5.82 Å². The molecule has 3 aromatic heterocycles. The topological polar surface area (TPSA) is 75.3 Å². The zero-order valence-electron chi connectivity index (χ0n) is 15.8. The fourth-order valence-corrected chi connectivity index (χ4v) is 3.69. The lowest BCUT2D eigenvalue weighted by atomic mass is 9.85. The molecule has 0 bridgehead atoms. The minimum Gasteiger partial charge on any atom is -0.352 e. The van der Waals surface area contributed by atoms with Gasteiger partial charge in [-0.25, -0.2) is 0 Å². The minimum absolute atomic E-state index is 0.498. The molecule has 1 aliphatic carbocycles. The number of aromatic nitrogens is 6. The van der Waals surface area contributed by atoms with Crippen molar-refractivity contribution >= 4 is 11.5 Å². The van der Waals surface area contributed by atoms with E-state index in [4.69, 9.17) is 5.10 Å². The summed E-state index contributed by atoms with van der Waals surface area (Å²) < 4.78 is 1.94. The fourth-order valence-electron chi connectivity index (χ4n) is 3.69. The summed E-state index contributed by atoms with van der Waals surface area (Å²) in [7, 11) is 2.15. The van der Waals surface area contributed by atoms with Crippen LogP contribution in [-0.4, -0.2) is 60.9 Å². The molecule has 140 valence electrons. The smallest absolute Gasteiger partial charge is 0.178 e. The molecule has 1 saturated carbocycles. The lowest BCUT2D eigenvalue weighted by Crippen LogP contribution is -2.58. The molecule has 8 heteroatoms. The fraction of sp³-hybridized carbons (Fsp3) is 0.526. The number of likely N-dealkylation sites (N-methyl/N-ethyl adjacent to an activating group) is 1. The van der Waals surface area contributed by atoms with E-state index in [1.807, 2.05) is 29.9 Å². The predicted octanol–water partition coefficient (Wildman–Crippen LogP) is 1.81. The summed E-state index contributed by atoms with van der Waals surface area (Å²) in [6, 6.07) is 4.57. The van der Waals surface area contributed by atoms with Crippen LogP contribution in [0.3, 0.4) is 0 Å². The summed E-state index contributed by atoms with van der Waals surface area (Å²) >= 11 is 0. The maximum atomic E-state index is 4.82. The van der Waals surface area contributed by atoms with Gasteiger partial charge in [0.25, 0.3) is 0 Å². The highest BCUT2D eigenvalue weighted by Crippen LogP contribution is 2.35. The number of hydrogen-bond donors (Lipinski definition) is 0. The van der Waals surface area contributed by atoms with Crippen molar-refractivity contribution < 1.29 is 0 Å². The van der Waals surface area contributed by atoms with E-state index in [-0.39, 0.29) is 0 Å². The Morgan fingerprint density at radius 1 is 1.11 bits per heavy atom. The molecule has 5 rings (SSSR count). The molecule has 3 aromatic rings. The normalized spacial score (nSPS) is 18.1. The zero-order chi connectivity index (χ0) is 18.4. The first-order valence-corrected chi connectivity index (χ1v) is 9.62. The van der Waals surface area contributed by atoms with Crippen LogP contribution in [0.1, 0.15) is 42.4 Å². The molecular formula is C19H24N8. The first-order chi connectivity index (χ1) is 13.2. The highest BCUT2D eigenvalue weighted by molar-refractivity contribution is 5.48. The third-order valence-electron chi connectivity index (χ3n) is 5.80. The number of anilines is 1. The third kappa shape index (κ3) is 3.03. The molecule has 0 radical (unpaired) electrons. The lowest BCUT2D eigenvalue weighted by Gasteiger charge is -2.44. The van der Waals surface area contributed by atoms with Gasteiger partial charge in [0.15, 0.2) is 11.5 Å². The van der Waals surface area contributed by atoms with Gasteiger partial charge in [0.1, 0.15) is 5.82 Å². The Balaban J connectivity index is 1.25. The van der Waals surface area contributed by atoms with Crippen molar-refractivity contribution in [3.63, 3.8) is 0 Å². The molecule has 1 aliphatic heterocycles. The number of hydrogen-bond acceptors (Lipinski definition) is 7. The van der Waals surface area contributed by atoms with Gasteiger partial charge in [-0.2, -0.15) is 4.52 Å².